The molecule has 3 aromatic rings. The molecule has 0 spiro atoms. The van der Waals surface area contributed by atoms with E-state index in [1.807, 2.05) is 30.5 Å². The molecule has 4 nitrogen and oxygen atoms in total. The van der Waals surface area contributed by atoms with Crippen molar-refractivity contribution in [1.29, 1.82) is 0 Å². The molecule has 3 rings (SSSR count). The number of imidazole rings is 1. The molecule has 1 aromatic carbocycles. The lowest BCUT2D eigenvalue weighted by atomic mass is 10.1. The van der Waals surface area contributed by atoms with Crippen molar-refractivity contribution in [3.05, 3.63) is 47.9 Å². The van der Waals surface area contributed by atoms with E-state index in [2.05, 4.69) is 14.7 Å². The molecular formula is C15H13F2N3O. The molecule has 2 heterocycles. The Morgan fingerprint density at radius 1 is 1.14 bits per heavy atom. The molecule has 6 heteroatoms. The molecule has 0 amide bonds. The fourth-order valence-corrected chi connectivity index (χ4v) is 2.24. The van der Waals surface area contributed by atoms with Gasteiger partial charge in [-0.3, -0.25) is 4.40 Å². The number of ether oxygens (including phenoxy) is 1. The molecule has 0 bridgehead atoms. The smallest absolute Gasteiger partial charge is 0.387 e. The summed E-state index contributed by atoms with van der Waals surface area (Å²) >= 11 is 0. The number of fused-ring (bicyclic) bond motifs is 1. The normalized spacial score (nSPS) is 11.3. The highest BCUT2D eigenvalue weighted by Gasteiger charge is 2.10. The summed E-state index contributed by atoms with van der Waals surface area (Å²) in [7, 11) is 0. The summed E-state index contributed by atoms with van der Waals surface area (Å²) in [6.45, 7) is 1.02. The van der Waals surface area contributed by atoms with E-state index in [9.17, 15) is 8.78 Å². The van der Waals surface area contributed by atoms with Gasteiger partial charge in [0.2, 0.25) is 5.78 Å². The van der Waals surface area contributed by atoms with Crippen LogP contribution in [0, 0.1) is 13.8 Å². The van der Waals surface area contributed by atoms with Gasteiger partial charge in [-0.15, -0.1) is 0 Å². The van der Waals surface area contributed by atoms with Gasteiger partial charge in [-0.2, -0.15) is 8.78 Å². The van der Waals surface area contributed by atoms with Gasteiger partial charge in [-0.05, 0) is 32.0 Å². The average molecular weight is 289 g/mol. The van der Waals surface area contributed by atoms with Gasteiger partial charge in [0.15, 0.2) is 0 Å². The Labute approximate surface area is 120 Å². The van der Waals surface area contributed by atoms with E-state index < -0.39 is 6.61 Å². The van der Waals surface area contributed by atoms with E-state index in [0.29, 0.717) is 17.0 Å². The van der Waals surface area contributed by atoms with Crippen molar-refractivity contribution in [3.8, 4) is 17.0 Å². The molecule has 2 aromatic heterocycles. The van der Waals surface area contributed by atoms with Gasteiger partial charge in [-0.1, -0.05) is 12.1 Å². The van der Waals surface area contributed by atoms with Crippen LogP contribution >= 0.6 is 0 Å². The molecule has 0 aliphatic rings. The number of alkyl halides is 2. The number of halogens is 2. The minimum absolute atomic E-state index is 0.111. The Kier molecular flexibility index (Phi) is 3.29. The first-order valence-electron chi connectivity index (χ1n) is 6.41. The summed E-state index contributed by atoms with van der Waals surface area (Å²) in [5.41, 5.74) is 3.26. The van der Waals surface area contributed by atoms with E-state index in [1.165, 1.54) is 12.1 Å². The fourth-order valence-electron chi connectivity index (χ4n) is 2.24. The lowest BCUT2D eigenvalue weighted by Crippen LogP contribution is -2.01. The lowest BCUT2D eigenvalue weighted by Gasteiger charge is -2.05. The van der Waals surface area contributed by atoms with Crippen molar-refractivity contribution in [1.82, 2.24) is 14.4 Å². The van der Waals surface area contributed by atoms with Gasteiger partial charge < -0.3 is 4.74 Å². The van der Waals surface area contributed by atoms with Crippen LogP contribution in [0.5, 0.6) is 5.75 Å². The van der Waals surface area contributed by atoms with Gasteiger partial charge in [0.1, 0.15) is 5.75 Å². The first kappa shape index (κ1) is 13.5. The molecule has 0 saturated heterocycles. The molecule has 0 fully saturated rings. The Morgan fingerprint density at radius 2 is 1.95 bits per heavy atom. The summed E-state index contributed by atoms with van der Waals surface area (Å²) in [6, 6.07) is 8.43. The molecule has 0 radical (unpaired) electrons. The molecule has 0 unspecified atom stereocenters. The number of aromatic nitrogens is 3. The Bertz CT molecular complexity index is 799. The van der Waals surface area contributed by atoms with Gasteiger partial charge in [-0.25, -0.2) is 9.97 Å². The highest BCUT2D eigenvalue weighted by Crippen LogP contribution is 2.24. The molecule has 0 N–H and O–H groups in total. The topological polar surface area (TPSA) is 39.4 Å². The number of hydrogen-bond acceptors (Lipinski definition) is 3. The fraction of sp³-hybridized carbons (Fsp3) is 0.200. The summed E-state index contributed by atoms with van der Waals surface area (Å²) in [5, 5.41) is 0. The van der Waals surface area contributed by atoms with E-state index in [4.69, 9.17) is 0 Å². The van der Waals surface area contributed by atoms with Crippen molar-refractivity contribution < 1.29 is 13.5 Å². The van der Waals surface area contributed by atoms with Crippen molar-refractivity contribution in [2.45, 2.75) is 20.5 Å². The lowest BCUT2D eigenvalue weighted by molar-refractivity contribution is -0.0498. The van der Waals surface area contributed by atoms with Crippen LogP contribution in [0.15, 0.2) is 36.5 Å². The minimum Gasteiger partial charge on any atom is -0.435 e. The largest absolute Gasteiger partial charge is 0.435 e. The molecule has 0 atom stereocenters. The molecular weight excluding hydrogens is 276 g/mol. The van der Waals surface area contributed by atoms with Crippen LogP contribution in [0.4, 0.5) is 8.78 Å². The molecule has 0 aliphatic carbocycles. The van der Waals surface area contributed by atoms with E-state index in [1.54, 1.807) is 12.1 Å². The predicted molar refractivity (Wildman–Crippen MR) is 74.5 cm³/mol. The predicted octanol–water partition coefficient (Wildman–Crippen LogP) is 3.61. The minimum atomic E-state index is -2.84. The van der Waals surface area contributed by atoms with Crippen molar-refractivity contribution >= 4 is 5.78 Å². The second-order valence-electron chi connectivity index (χ2n) is 4.74. The second-order valence-corrected chi connectivity index (χ2v) is 4.74. The zero-order valence-electron chi connectivity index (χ0n) is 11.5. The number of nitrogens with zero attached hydrogens (tertiary/aromatic N) is 3. The van der Waals surface area contributed by atoms with Crippen LogP contribution in [0.1, 0.15) is 11.4 Å². The Morgan fingerprint density at radius 3 is 2.71 bits per heavy atom. The maximum Gasteiger partial charge on any atom is 0.387 e. The third-order valence-corrected chi connectivity index (χ3v) is 3.12. The van der Waals surface area contributed by atoms with Crippen LogP contribution in [-0.2, 0) is 0 Å². The maximum absolute atomic E-state index is 12.3. The van der Waals surface area contributed by atoms with Crippen LogP contribution < -0.4 is 4.74 Å². The third-order valence-electron chi connectivity index (χ3n) is 3.12. The number of benzene rings is 1. The summed E-state index contributed by atoms with van der Waals surface area (Å²) in [6.07, 6.45) is 1.83. The van der Waals surface area contributed by atoms with Crippen LogP contribution in [0.2, 0.25) is 0 Å². The van der Waals surface area contributed by atoms with Crippen molar-refractivity contribution in [2.24, 2.45) is 0 Å². The number of hydrogen-bond donors (Lipinski definition) is 0. The first-order valence-corrected chi connectivity index (χ1v) is 6.41. The van der Waals surface area contributed by atoms with Gasteiger partial charge >= 0.3 is 6.61 Å². The van der Waals surface area contributed by atoms with Crippen LogP contribution in [0.3, 0.4) is 0 Å². The van der Waals surface area contributed by atoms with E-state index in [0.717, 1.165) is 11.4 Å². The molecule has 0 aliphatic heterocycles. The highest BCUT2D eigenvalue weighted by atomic mass is 19.3. The van der Waals surface area contributed by atoms with Crippen LogP contribution in [0.25, 0.3) is 17.0 Å². The summed E-state index contributed by atoms with van der Waals surface area (Å²) in [4.78, 5) is 8.79. The molecule has 0 saturated carbocycles. The van der Waals surface area contributed by atoms with E-state index >= 15 is 0 Å². The quantitative estimate of drug-likeness (QED) is 0.739. The number of rotatable bonds is 3. The molecule has 108 valence electrons. The van der Waals surface area contributed by atoms with Crippen LogP contribution in [-0.4, -0.2) is 21.0 Å². The Balaban J connectivity index is 2.06. The zero-order chi connectivity index (χ0) is 15.0. The SMILES string of the molecule is Cc1cc(C)n2cc(-c3cccc(OC(F)F)c3)nc2n1. The second kappa shape index (κ2) is 5.12. The maximum atomic E-state index is 12.3. The van der Waals surface area contributed by atoms with E-state index in [-0.39, 0.29) is 5.75 Å². The molecule has 21 heavy (non-hydrogen) atoms. The average Bonchev–Trinajstić information content (AvgIpc) is 2.82. The zero-order valence-corrected chi connectivity index (χ0v) is 11.5. The number of aryl methyl sites for hydroxylation is 2. The van der Waals surface area contributed by atoms with Gasteiger partial charge in [0, 0.05) is 23.1 Å². The highest BCUT2D eigenvalue weighted by molar-refractivity contribution is 5.63. The summed E-state index contributed by atoms with van der Waals surface area (Å²) in [5.74, 6) is 0.697. The Hall–Kier alpha value is -2.50. The summed E-state index contributed by atoms with van der Waals surface area (Å²) < 4.78 is 30.8. The van der Waals surface area contributed by atoms with Crippen molar-refractivity contribution in [3.63, 3.8) is 0 Å². The third kappa shape index (κ3) is 2.69. The van der Waals surface area contributed by atoms with Gasteiger partial charge in [0.05, 0.1) is 5.69 Å². The first-order chi connectivity index (χ1) is 10.0. The van der Waals surface area contributed by atoms with Gasteiger partial charge in [0.25, 0.3) is 0 Å². The van der Waals surface area contributed by atoms with Crippen molar-refractivity contribution in [2.75, 3.05) is 0 Å². The standard InChI is InChI=1S/C15H13F2N3O/c1-9-6-10(2)20-8-13(19-15(20)18-9)11-4-3-5-12(7-11)21-14(16)17/h3-8,14H,1-2H3. The monoisotopic (exact) mass is 289 g/mol.